The number of anilines is 1. The zero-order chi connectivity index (χ0) is 21.4. The number of rotatable bonds is 5. The summed E-state index contributed by atoms with van der Waals surface area (Å²) in [5.41, 5.74) is 1.63. The molecule has 2 aromatic rings. The van der Waals surface area contributed by atoms with E-state index in [4.69, 9.17) is 0 Å². The van der Waals surface area contributed by atoms with Crippen molar-refractivity contribution < 1.29 is 35.2 Å². The van der Waals surface area contributed by atoms with Crippen LogP contribution in [0.4, 0.5) is 27.6 Å². The number of hydrazine groups is 1. The Bertz CT molecular complexity index is 1030. The average molecular weight is 488 g/mol. The third-order valence-corrected chi connectivity index (χ3v) is 6.27. The summed E-state index contributed by atoms with van der Waals surface area (Å²) >= 11 is 3.03. The molecule has 0 fully saturated rings. The van der Waals surface area contributed by atoms with E-state index in [1.165, 1.54) is 26.2 Å². The van der Waals surface area contributed by atoms with Crippen molar-refractivity contribution in [3.05, 3.63) is 57.3 Å². The Kier molecular flexibility index (Phi) is 6.31. The van der Waals surface area contributed by atoms with Crippen LogP contribution in [0.3, 0.4) is 0 Å². The molecule has 2 N–H and O–H groups in total. The summed E-state index contributed by atoms with van der Waals surface area (Å²) in [6.07, 6.45) is 0. The lowest BCUT2D eigenvalue weighted by Crippen LogP contribution is -2.31. The maximum Gasteiger partial charge on any atom is 0.269 e. The lowest BCUT2D eigenvalue weighted by atomic mass is 10.2. The average Bonchev–Trinajstić information content (AvgIpc) is 2.64. The summed E-state index contributed by atoms with van der Waals surface area (Å²) in [6, 6.07) is 3.38. The largest absolute Gasteiger partial charge is 0.293 e. The zero-order valence-corrected chi connectivity index (χ0v) is 16.5. The molecule has 0 spiro atoms. The van der Waals surface area contributed by atoms with Gasteiger partial charge >= 0.3 is 0 Å². The van der Waals surface area contributed by atoms with Gasteiger partial charge in [-0.25, -0.2) is 34.7 Å². The first-order valence-corrected chi connectivity index (χ1v) is 9.42. The molecule has 6 nitrogen and oxygen atoms in total. The minimum Gasteiger partial charge on any atom is -0.293 e. The second-order valence-electron chi connectivity index (χ2n) is 5.46. The zero-order valence-electron chi connectivity index (χ0n) is 14.1. The van der Waals surface area contributed by atoms with Gasteiger partial charge in [0.15, 0.2) is 23.3 Å². The van der Waals surface area contributed by atoms with Gasteiger partial charge in [0.1, 0.15) is 5.69 Å². The SMILES string of the molecule is CN(C)S(=O)(=O)c1cc(C(=O)NNc2c(F)c(F)c(F)c(F)c2F)ccc1Br. The van der Waals surface area contributed by atoms with Crippen LogP contribution in [-0.2, 0) is 10.0 Å². The standard InChI is InChI=1S/C15H11BrF5N3O3S/c1-24(2)28(26,27)8-5-6(3-4-7(8)16)15(25)23-22-14-12(20)10(18)9(17)11(19)13(14)21/h3-5,22H,1-2H3,(H,23,25). The van der Waals surface area contributed by atoms with Crippen LogP contribution in [0.2, 0.25) is 0 Å². The number of benzene rings is 2. The minimum atomic E-state index is -3.93. The molecule has 0 radical (unpaired) electrons. The summed E-state index contributed by atoms with van der Waals surface area (Å²) in [5, 5.41) is 0. The molecule has 0 saturated heterocycles. The second-order valence-corrected chi connectivity index (χ2v) is 8.43. The van der Waals surface area contributed by atoms with E-state index in [1.54, 1.807) is 10.9 Å². The molecule has 0 atom stereocenters. The topological polar surface area (TPSA) is 78.5 Å². The van der Waals surface area contributed by atoms with Gasteiger partial charge in [0.25, 0.3) is 5.91 Å². The van der Waals surface area contributed by atoms with Crippen LogP contribution in [0.5, 0.6) is 0 Å². The van der Waals surface area contributed by atoms with Crippen LogP contribution < -0.4 is 10.9 Å². The molecule has 0 aliphatic rings. The lowest BCUT2D eigenvalue weighted by Gasteiger charge is -2.15. The number of carbonyl (C=O) groups is 1. The van der Waals surface area contributed by atoms with Gasteiger partial charge in [-0.15, -0.1) is 0 Å². The van der Waals surface area contributed by atoms with E-state index < -0.39 is 50.7 Å². The number of hydrogen-bond acceptors (Lipinski definition) is 4. The third-order valence-electron chi connectivity index (χ3n) is 3.46. The fraction of sp³-hybridized carbons (Fsp3) is 0.133. The van der Waals surface area contributed by atoms with E-state index in [1.807, 2.05) is 0 Å². The van der Waals surface area contributed by atoms with Crippen molar-refractivity contribution in [2.75, 3.05) is 19.5 Å². The van der Waals surface area contributed by atoms with E-state index in [2.05, 4.69) is 15.9 Å². The Morgan fingerprint density at radius 1 is 0.964 bits per heavy atom. The maximum atomic E-state index is 13.6. The van der Waals surface area contributed by atoms with Crippen LogP contribution >= 0.6 is 15.9 Å². The normalized spacial score (nSPS) is 11.6. The van der Waals surface area contributed by atoms with Crippen molar-refractivity contribution in [2.45, 2.75) is 4.90 Å². The molecule has 152 valence electrons. The molecule has 0 unspecified atom stereocenters. The summed E-state index contributed by atoms with van der Waals surface area (Å²) in [6.45, 7) is 0. The van der Waals surface area contributed by atoms with Gasteiger partial charge in [-0.3, -0.25) is 15.6 Å². The number of amides is 1. The molecule has 2 aromatic carbocycles. The Labute approximate surface area is 164 Å². The van der Waals surface area contributed by atoms with E-state index in [0.717, 1.165) is 10.4 Å². The van der Waals surface area contributed by atoms with Gasteiger partial charge < -0.3 is 0 Å². The van der Waals surface area contributed by atoms with Gasteiger partial charge in [0.05, 0.1) is 4.90 Å². The predicted molar refractivity (Wildman–Crippen MR) is 92.3 cm³/mol. The van der Waals surface area contributed by atoms with Crippen molar-refractivity contribution in [1.29, 1.82) is 0 Å². The molecule has 0 heterocycles. The molecule has 1 amide bonds. The van der Waals surface area contributed by atoms with E-state index >= 15 is 0 Å². The number of halogens is 6. The first kappa shape index (κ1) is 22.0. The van der Waals surface area contributed by atoms with Crippen LogP contribution in [0, 0.1) is 29.1 Å². The van der Waals surface area contributed by atoms with Crippen LogP contribution in [0.25, 0.3) is 0 Å². The predicted octanol–water partition coefficient (Wildman–Crippen LogP) is 3.15. The highest BCUT2D eigenvalue weighted by Crippen LogP contribution is 2.27. The highest BCUT2D eigenvalue weighted by molar-refractivity contribution is 9.10. The molecule has 0 saturated carbocycles. The van der Waals surface area contributed by atoms with E-state index in [-0.39, 0.29) is 14.9 Å². The first-order valence-electron chi connectivity index (χ1n) is 7.19. The maximum absolute atomic E-state index is 13.6. The molecular weight excluding hydrogens is 477 g/mol. The van der Waals surface area contributed by atoms with Gasteiger partial charge in [-0.1, -0.05) is 0 Å². The summed E-state index contributed by atoms with van der Waals surface area (Å²) in [7, 11) is -1.41. The Morgan fingerprint density at radius 2 is 1.46 bits per heavy atom. The highest BCUT2D eigenvalue weighted by Gasteiger charge is 2.26. The van der Waals surface area contributed by atoms with Crippen LogP contribution in [0.15, 0.2) is 27.6 Å². The van der Waals surface area contributed by atoms with Crippen molar-refractivity contribution in [1.82, 2.24) is 9.73 Å². The smallest absolute Gasteiger partial charge is 0.269 e. The van der Waals surface area contributed by atoms with Crippen LogP contribution in [0.1, 0.15) is 10.4 Å². The number of nitrogens with one attached hydrogen (secondary N) is 2. The summed E-state index contributed by atoms with van der Waals surface area (Å²) in [5.74, 6) is -12.2. The highest BCUT2D eigenvalue weighted by atomic mass is 79.9. The second kappa shape index (κ2) is 8.01. The number of hydrogen-bond donors (Lipinski definition) is 2. The van der Waals surface area contributed by atoms with Crippen molar-refractivity contribution in [3.63, 3.8) is 0 Å². The van der Waals surface area contributed by atoms with Gasteiger partial charge in [-0.05, 0) is 34.1 Å². The Hall–Kier alpha value is -2.25. The van der Waals surface area contributed by atoms with E-state index in [9.17, 15) is 35.2 Å². The Balaban J connectivity index is 2.34. The molecular formula is C15H11BrF5N3O3S. The first-order chi connectivity index (χ1) is 12.9. The number of carbonyl (C=O) groups excluding carboxylic acids is 1. The van der Waals surface area contributed by atoms with Gasteiger partial charge in [0.2, 0.25) is 15.8 Å². The fourth-order valence-corrected chi connectivity index (χ4v) is 3.79. The quantitative estimate of drug-likeness (QED) is 0.294. The number of sulfonamides is 1. The van der Waals surface area contributed by atoms with E-state index in [0.29, 0.717) is 0 Å². The van der Waals surface area contributed by atoms with Crippen molar-refractivity contribution in [2.24, 2.45) is 0 Å². The summed E-state index contributed by atoms with van der Waals surface area (Å²) in [4.78, 5) is 11.9. The van der Waals surface area contributed by atoms with Crippen molar-refractivity contribution in [3.8, 4) is 0 Å². The minimum absolute atomic E-state index is 0.144. The van der Waals surface area contributed by atoms with Gasteiger partial charge in [-0.2, -0.15) is 0 Å². The third kappa shape index (κ3) is 3.95. The molecule has 0 aliphatic heterocycles. The lowest BCUT2D eigenvalue weighted by molar-refractivity contribution is 0.0962. The summed E-state index contributed by atoms with van der Waals surface area (Å²) < 4.78 is 92.0. The van der Waals surface area contributed by atoms with Gasteiger partial charge in [0, 0.05) is 24.1 Å². The monoisotopic (exact) mass is 487 g/mol. The molecule has 0 aromatic heterocycles. The molecule has 0 bridgehead atoms. The van der Waals surface area contributed by atoms with Crippen LogP contribution in [-0.4, -0.2) is 32.7 Å². The van der Waals surface area contributed by atoms with Crippen molar-refractivity contribution >= 4 is 37.5 Å². The fourth-order valence-electron chi connectivity index (χ4n) is 1.95. The molecule has 2 rings (SSSR count). The molecule has 13 heteroatoms. The molecule has 28 heavy (non-hydrogen) atoms. The number of nitrogens with zero attached hydrogens (tertiary/aromatic N) is 1. The molecule has 0 aliphatic carbocycles. The Morgan fingerprint density at radius 3 is 1.96 bits per heavy atom.